The molecule has 0 aliphatic carbocycles. The number of benzene rings is 2. The van der Waals surface area contributed by atoms with Gasteiger partial charge in [0, 0.05) is 16.5 Å². The summed E-state index contributed by atoms with van der Waals surface area (Å²) in [5.74, 6) is -1.03. The molecule has 0 bridgehead atoms. The first kappa shape index (κ1) is 18.9. The van der Waals surface area contributed by atoms with Crippen molar-refractivity contribution < 1.29 is 23.9 Å². The number of hydrogen-bond donors (Lipinski definition) is 0. The van der Waals surface area contributed by atoms with Crippen molar-refractivity contribution in [2.75, 3.05) is 7.11 Å². The molecule has 0 aromatic heterocycles. The molecule has 0 amide bonds. The van der Waals surface area contributed by atoms with Crippen molar-refractivity contribution in [3.05, 3.63) is 69.7 Å². The molecule has 0 atom stereocenters. The normalized spacial score (nSPS) is 10.2. The van der Waals surface area contributed by atoms with Crippen molar-refractivity contribution in [3.8, 4) is 0 Å². The zero-order valence-electron chi connectivity index (χ0n) is 13.7. The van der Waals surface area contributed by atoms with Gasteiger partial charge in [0.25, 0.3) is 0 Å². The summed E-state index contributed by atoms with van der Waals surface area (Å²) in [6.45, 7) is 0.0378. The van der Waals surface area contributed by atoms with E-state index in [1.54, 1.807) is 48.5 Å². The van der Waals surface area contributed by atoms with E-state index in [0.29, 0.717) is 16.7 Å². The Bertz CT molecular complexity index is 768. The number of carbonyl (C=O) groups is 3. The van der Waals surface area contributed by atoms with Crippen LogP contribution in [-0.2, 0) is 20.9 Å². The summed E-state index contributed by atoms with van der Waals surface area (Å²) in [5.41, 5.74) is 1.62. The van der Waals surface area contributed by atoms with Crippen LogP contribution in [-0.4, -0.2) is 24.8 Å². The van der Waals surface area contributed by atoms with E-state index in [0.717, 1.165) is 4.47 Å². The minimum Gasteiger partial charge on any atom is -0.465 e. The van der Waals surface area contributed by atoms with Gasteiger partial charge in [-0.1, -0.05) is 40.2 Å². The van der Waals surface area contributed by atoms with E-state index in [1.807, 2.05) is 0 Å². The van der Waals surface area contributed by atoms with Crippen molar-refractivity contribution in [1.82, 2.24) is 0 Å². The number of Topliss-reactive ketones (excluding diaryl/α,β-unsaturated/α-hetero) is 1. The van der Waals surface area contributed by atoms with E-state index < -0.39 is 11.9 Å². The van der Waals surface area contributed by atoms with Crippen LogP contribution in [0, 0.1) is 0 Å². The molecule has 5 nitrogen and oxygen atoms in total. The molecule has 0 fully saturated rings. The highest BCUT2D eigenvalue weighted by atomic mass is 79.9. The zero-order valence-corrected chi connectivity index (χ0v) is 15.2. The van der Waals surface area contributed by atoms with Crippen LogP contribution in [0.15, 0.2) is 53.0 Å². The molecule has 2 aromatic rings. The smallest absolute Gasteiger partial charge is 0.337 e. The molecule has 0 radical (unpaired) electrons. The molecule has 0 aliphatic heterocycles. The molecule has 0 saturated heterocycles. The van der Waals surface area contributed by atoms with Crippen molar-refractivity contribution >= 4 is 33.7 Å². The molecule has 2 aromatic carbocycles. The lowest BCUT2D eigenvalue weighted by atomic mass is 10.1. The number of ether oxygens (including phenoxy) is 2. The molecule has 0 N–H and O–H groups in total. The third kappa shape index (κ3) is 5.83. The van der Waals surface area contributed by atoms with Crippen LogP contribution < -0.4 is 0 Å². The van der Waals surface area contributed by atoms with Gasteiger partial charge in [-0.2, -0.15) is 0 Å². The highest BCUT2D eigenvalue weighted by molar-refractivity contribution is 9.10. The fourth-order valence-corrected chi connectivity index (χ4v) is 2.40. The van der Waals surface area contributed by atoms with Gasteiger partial charge in [0.05, 0.1) is 19.1 Å². The first-order valence-electron chi connectivity index (χ1n) is 7.61. The first-order chi connectivity index (χ1) is 12.0. The van der Waals surface area contributed by atoms with E-state index in [2.05, 4.69) is 20.7 Å². The lowest BCUT2D eigenvalue weighted by molar-refractivity contribution is -0.144. The van der Waals surface area contributed by atoms with E-state index in [-0.39, 0.29) is 25.2 Å². The van der Waals surface area contributed by atoms with Crippen LogP contribution in [0.3, 0.4) is 0 Å². The van der Waals surface area contributed by atoms with E-state index in [9.17, 15) is 14.4 Å². The molecule has 0 spiro atoms. The Hall–Kier alpha value is -2.47. The second-order valence-corrected chi connectivity index (χ2v) is 6.20. The lowest BCUT2D eigenvalue weighted by Gasteiger charge is -2.06. The van der Waals surface area contributed by atoms with Crippen molar-refractivity contribution in [2.24, 2.45) is 0 Å². The monoisotopic (exact) mass is 404 g/mol. The molecular weight excluding hydrogens is 388 g/mol. The van der Waals surface area contributed by atoms with Crippen molar-refractivity contribution in [2.45, 2.75) is 19.4 Å². The number of hydrogen-bond acceptors (Lipinski definition) is 5. The number of ketones is 1. The highest BCUT2D eigenvalue weighted by Crippen LogP contribution is 2.13. The van der Waals surface area contributed by atoms with Crippen LogP contribution in [0.5, 0.6) is 0 Å². The Balaban J connectivity index is 1.82. The molecular formula is C19H17BrO5. The van der Waals surface area contributed by atoms with Crippen LogP contribution in [0.25, 0.3) is 0 Å². The predicted molar refractivity (Wildman–Crippen MR) is 95.3 cm³/mol. The van der Waals surface area contributed by atoms with E-state index in [1.165, 1.54) is 7.11 Å². The summed E-state index contributed by atoms with van der Waals surface area (Å²) in [6.07, 6.45) is 0.0915. The summed E-state index contributed by atoms with van der Waals surface area (Å²) in [4.78, 5) is 35.3. The lowest BCUT2D eigenvalue weighted by Crippen LogP contribution is -2.09. The number of carbonyl (C=O) groups excluding carboxylic acids is 3. The van der Waals surface area contributed by atoms with E-state index >= 15 is 0 Å². The average Bonchev–Trinajstić information content (AvgIpc) is 2.64. The van der Waals surface area contributed by atoms with Gasteiger partial charge >= 0.3 is 11.9 Å². The zero-order chi connectivity index (χ0) is 18.2. The molecule has 0 aliphatic rings. The maximum Gasteiger partial charge on any atom is 0.337 e. The summed E-state index contributed by atoms with van der Waals surface area (Å²) >= 11 is 3.30. The first-order valence-corrected chi connectivity index (χ1v) is 8.40. The van der Waals surface area contributed by atoms with Crippen molar-refractivity contribution in [3.63, 3.8) is 0 Å². The van der Waals surface area contributed by atoms with Gasteiger partial charge in [0.2, 0.25) is 0 Å². The second kappa shape index (κ2) is 9.13. The van der Waals surface area contributed by atoms with Gasteiger partial charge in [-0.15, -0.1) is 0 Å². The number of rotatable bonds is 7. The third-order valence-corrected chi connectivity index (χ3v) is 4.00. The molecule has 0 saturated carbocycles. The van der Waals surface area contributed by atoms with Crippen LogP contribution in [0.4, 0.5) is 0 Å². The standard InChI is InChI=1S/C19H17BrO5/c1-24-19(23)15-4-2-3-13(11-15)12-25-18(22)10-9-17(21)14-5-7-16(20)8-6-14/h2-8,11H,9-10,12H2,1H3. The summed E-state index contributed by atoms with van der Waals surface area (Å²) in [6, 6.07) is 13.6. The molecule has 0 unspecified atom stereocenters. The fraction of sp³-hybridized carbons (Fsp3) is 0.211. The van der Waals surface area contributed by atoms with Crippen LogP contribution in [0.2, 0.25) is 0 Å². The largest absolute Gasteiger partial charge is 0.465 e. The molecule has 25 heavy (non-hydrogen) atoms. The molecule has 6 heteroatoms. The van der Waals surface area contributed by atoms with Gasteiger partial charge in [0.15, 0.2) is 5.78 Å². The maximum absolute atomic E-state index is 12.0. The molecule has 0 heterocycles. The van der Waals surface area contributed by atoms with Crippen LogP contribution in [0.1, 0.15) is 39.1 Å². The predicted octanol–water partition coefficient (Wildman–Crippen LogP) is 3.94. The Morgan fingerprint density at radius 3 is 2.36 bits per heavy atom. The van der Waals surface area contributed by atoms with Gasteiger partial charge in [-0.05, 0) is 29.8 Å². The summed E-state index contributed by atoms with van der Waals surface area (Å²) in [5, 5.41) is 0. The van der Waals surface area contributed by atoms with Gasteiger partial charge in [0.1, 0.15) is 6.61 Å². The van der Waals surface area contributed by atoms with Crippen LogP contribution >= 0.6 is 15.9 Å². The number of halogens is 1. The fourth-order valence-electron chi connectivity index (χ4n) is 2.14. The minimum atomic E-state index is -0.464. The number of methoxy groups -OCH3 is 1. The molecule has 2 rings (SSSR count). The second-order valence-electron chi connectivity index (χ2n) is 5.28. The Kier molecular flexibility index (Phi) is 6.89. The SMILES string of the molecule is COC(=O)c1cccc(COC(=O)CCC(=O)c2ccc(Br)cc2)c1. The Morgan fingerprint density at radius 2 is 1.68 bits per heavy atom. The maximum atomic E-state index is 12.0. The highest BCUT2D eigenvalue weighted by Gasteiger charge is 2.11. The quantitative estimate of drug-likeness (QED) is 0.516. The van der Waals surface area contributed by atoms with Gasteiger partial charge in [-0.3, -0.25) is 9.59 Å². The minimum absolute atomic E-state index is 0.00555. The number of esters is 2. The molecule has 130 valence electrons. The summed E-state index contributed by atoms with van der Waals surface area (Å²) in [7, 11) is 1.30. The Labute approximate surface area is 154 Å². The third-order valence-electron chi connectivity index (χ3n) is 3.47. The summed E-state index contributed by atoms with van der Waals surface area (Å²) < 4.78 is 10.7. The van der Waals surface area contributed by atoms with Gasteiger partial charge in [-0.25, -0.2) is 4.79 Å². The topological polar surface area (TPSA) is 69.7 Å². The van der Waals surface area contributed by atoms with Gasteiger partial charge < -0.3 is 9.47 Å². The average molecular weight is 405 g/mol. The van der Waals surface area contributed by atoms with Crippen molar-refractivity contribution in [1.29, 1.82) is 0 Å². The van der Waals surface area contributed by atoms with E-state index in [4.69, 9.17) is 4.74 Å². The Morgan fingerprint density at radius 1 is 0.960 bits per heavy atom.